The van der Waals surface area contributed by atoms with Gasteiger partial charge in [-0.2, -0.15) is 0 Å². The summed E-state index contributed by atoms with van der Waals surface area (Å²) in [5.74, 6) is 1.27. The van der Waals surface area contributed by atoms with Gasteiger partial charge >= 0.3 is 0 Å². The molecule has 0 aromatic heterocycles. The zero-order valence-corrected chi connectivity index (χ0v) is 13.8. The molecule has 2 aromatic carbocycles. The Morgan fingerprint density at radius 1 is 1.21 bits per heavy atom. The molecule has 2 aromatic rings. The van der Waals surface area contributed by atoms with Gasteiger partial charge in [-0.05, 0) is 24.6 Å². The topological polar surface area (TPSA) is 60.0 Å². The van der Waals surface area contributed by atoms with E-state index in [1.165, 1.54) is 0 Å². The van der Waals surface area contributed by atoms with Gasteiger partial charge in [0.05, 0.1) is 13.2 Å². The molecular weight excluding hydrogens is 306 g/mol. The SMILES string of the molecule is CCOc1ccc(O)cc1O[C@H](c1ccccc1)[C@H]1CNCCO1. The Bertz CT molecular complexity index is 641. The van der Waals surface area contributed by atoms with E-state index in [1.54, 1.807) is 18.2 Å². The van der Waals surface area contributed by atoms with Crippen LogP contribution in [-0.4, -0.2) is 37.5 Å². The van der Waals surface area contributed by atoms with Gasteiger partial charge in [0.25, 0.3) is 0 Å². The normalized spacial score (nSPS) is 18.8. The summed E-state index contributed by atoms with van der Waals surface area (Å²) in [4.78, 5) is 0. The Kier molecular flexibility index (Phi) is 5.56. The lowest BCUT2D eigenvalue weighted by molar-refractivity contribution is -0.0439. The van der Waals surface area contributed by atoms with Crippen LogP contribution in [0.15, 0.2) is 48.5 Å². The van der Waals surface area contributed by atoms with Crippen LogP contribution in [-0.2, 0) is 4.74 Å². The van der Waals surface area contributed by atoms with E-state index in [0.717, 1.165) is 12.1 Å². The Morgan fingerprint density at radius 2 is 2.04 bits per heavy atom. The molecule has 1 aliphatic rings. The van der Waals surface area contributed by atoms with Gasteiger partial charge in [-0.1, -0.05) is 30.3 Å². The van der Waals surface area contributed by atoms with Gasteiger partial charge < -0.3 is 24.6 Å². The first-order valence-electron chi connectivity index (χ1n) is 8.27. The lowest BCUT2D eigenvalue weighted by Gasteiger charge is -2.32. The third-order valence-corrected chi connectivity index (χ3v) is 3.90. The number of hydrogen-bond donors (Lipinski definition) is 2. The first-order chi connectivity index (χ1) is 11.8. The number of phenolic OH excluding ortho intramolecular Hbond substituents is 1. The number of phenols is 1. The molecule has 2 N–H and O–H groups in total. The van der Waals surface area contributed by atoms with E-state index in [-0.39, 0.29) is 18.0 Å². The first-order valence-corrected chi connectivity index (χ1v) is 8.27. The van der Waals surface area contributed by atoms with Crippen molar-refractivity contribution in [2.45, 2.75) is 19.1 Å². The summed E-state index contributed by atoms with van der Waals surface area (Å²) < 4.78 is 17.8. The third-order valence-electron chi connectivity index (χ3n) is 3.90. The minimum absolute atomic E-state index is 0.113. The second-order valence-corrected chi connectivity index (χ2v) is 5.63. The number of ether oxygens (including phenoxy) is 3. The van der Waals surface area contributed by atoms with Gasteiger partial charge in [0.15, 0.2) is 17.6 Å². The van der Waals surface area contributed by atoms with Crippen molar-refractivity contribution in [3.63, 3.8) is 0 Å². The van der Waals surface area contributed by atoms with Gasteiger partial charge in [-0.3, -0.25) is 0 Å². The van der Waals surface area contributed by atoms with Crippen LogP contribution in [0.1, 0.15) is 18.6 Å². The largest absolute Gasteiger partial charge is 0.508 e. The highest BCUT2D eigenvalue weighted by Crippen LogP contribution is 2.36. The monoisotopic (exact) mass is 329 g/mol. The Morgan fingerprint density at radius 3 is 2.75 bits per heavy atom. The molecule has 1 aliphatic heterocycles. The van der Waals surface area contributed by atoms with E-state index in [0.29, 0.717) is 31.3 Å². The van der Waals surface area contributed by atoms with Crippen LogP contribution in [0.5, 0.6) is 17.2 Å². The highest BCUT2D eigenvalue weighted by molar-refractivity contribution is 5.45. The standard InChI is InChI=1S/C19H23NO4/c1-2-22-16-9-8-15(21)12-17(16)24-19(14-6-4-3-5-7-14)18-13-20-10-11-23-18/h3-9,12,18-21H,2,10-11,13H2,1H3/t18-,19-/m1/s1. The molecule has 0 amide bonds. The Labute approximate surface area is 142 Å². The van der Waals surface area contributed by atoms with Crippen LogP contribution >= 0.6 is 0 Å². The molecule has 128 valence electrons. The molecule has 0 unspecified atom stereocenters. The molecule has 2 atom stereocenters. The molecule has 5 nitrogen and oxygen atoms in total. The summed E-state index contributed by atoms with van der Waals surface area (Å²) in [7, 11) is 0. The highest BCUT2D eigenvalue weighted by Gasteiger charge is 2.28. The third kappa shape index (κ3) is 3.99. The van der Waals surface area contributed by atoms with Gasteiger partial charge in [0.1, 0.15) is 11.9 Å². The minimum Gasteiger partial charge on any atom is -0.508 e. The summed E-state index contributed by atoms with van der Waals surface area (Å²) in [6, 6.07) is 14.9. The van der Waals surface area contributed by atoms with E-state index in [1.807, 2.05) is 37.3 Å². The van der Waals surface area contributed by atoms with Gasteiger partial charge in [-0.15, -0.1) is 0 Å². The summed E-state index contributed by atoms with van der Waals surface area (Å²) in [6.45, 7) is 4.64. The molecule has 1 saturated heterocycles. The van der Waals surface area contributed by atoms with Crippen LogP contribution < -0.4 is 14.8 Å². The number of morpholine rings is 1. The fraction of sp³-hybridized carbons (Fsp3) is 0.368. The number of rotatable bonds is 6. The Balaban J connectivity index is 1.90. The van der Waals surface area contributed by atoms with Crippen LogP contribution in [0, 0.1) is 0 Å². The average molecular weight is 329 g/mol. The van der Waals surface area contributed by atoms with Gasteiger partial charge in [-0.25, -0.2) is 0 Å². The van der Waals surface area contributed by atoms with Crippen molar-refractivity contribution in [3.8, 4) is 17.2 Å². The van der Waals surface area contributed by atoms with Crippen LogP contribution in [0.25, 0.3) is 0 Å². The maximum atomic E-state index is 9.82. The van der Waals surface area contributed by atoms with Crippen molar-refractivity contribution in [2.24, 2.45) is 0 Å². The quantitative estimate of drug-likeness (QED) is 0.853. The molecule has 0 aliphatic carbocycles. The molecule has 24 heavy (non-hydrogen) atoms. The van der Waals surface area contributed by atoms with Crippen molar-refractivity contribution >= 4 is 0 Å². The fourth-order valence-corrected chi connectivity index (χ4v) is 2.78. The smallest absolute Gasteiger partial charge is 0.165 e. The van der Waals surface area contributed by atoms with Crippen LogP contribution in [0.2, 0.25) is 0 Å². The molecule has 1 fully saturated rings. The zero-order valence-electron chi connectivity index (χ0n) is 13.8. The number of benzene rings is 2. The lowest BCUT2D eigenvalue weighted by Crippen LogP contribution is -2.43. The van der Waals surface area contributed by atoms with Crippen molar-refractivity contribution in [1.29, 1.82) is 0 Å². The summed E-state index contributed by atoms with van der Waals surface area (Å²) >= 11 is 0. The van der Waals surface area contributed by atoms with Gasteiger partial charge in [0.2, 0.25) is 0 Å². The highest BCUT2D eigenvalue weighted by atomic mass is 16.6. The maximum Gasteiger partial charge on any atom is 0.165 e. The molecule has 3 rings (SSSR count). The molecule has 1 heterocycles. The lowest BCUT2D eigenvalue weighted by atomic mass is 10.0. The summed E-state index contributed by atoms with van der Waals surface area (Å²) in [6.07, 6.45) is -0.405. The first kappa shape index (κ1) is 16.6. The summed E-state index contributed by atoms with van der Waals surface area (Å²) in [5, 5.41) is 13.2. The predicted molar refractivity (Wildman–Crippen MR) is 91.7 cm³/mol. The molecule has 5 heteroatoms. The minimum atomic E-state index is -0.292. The van der Waals surface area contributed by atoms with Crippen molar-refractivity contribution in [1.82, 2.24) is 5.32 Å². The van der Waals surface area contributed by atoms with E-state index >= 15 is 0 Å². The molecule has 0 spiro atoms. The molecule has 0 radical (unpaired) electrons. The van der Waals surface area contributed by atoms with Crippen molar-refractivity contribution in [2.75, 3.05) is 26.3 Å². The number of aromatic hydroxyl groups is 1. The number of hydrogen-bond acceptors (Lipinski definition) is 5. The predicted octanol–water partition coefficient (Wildman–Crippen LogP) is 2.90. The maximum absolute atomic E-state index is 9.82. The molecule has 0 bridgehead atoms. The van der Waals surface area contributed by atoms with E-state index in [2.05, 4.69) is 5.32 Å². The summed E-state index contributed by atoms with van der Waals surface area (Å²) in [5.41, 5.74) is 1.02. The molecule has 0 saturated carbocycles. The van der Waals surface area contributed by atoms with Crippen molar-refractivity contribution in [3.05, 3.63) is 54.1 Å². The van der Waals surface area contributed by atoms with Crippen molar-refractivity contribution < 1.29 is 19.3 Å². The second kappa shape index (κ2) is 8.04. The fourth-order valence-electron chi connectivity index (χ4n) is 2.78. The number of nitrogens with one attached hydrogen (secondary N) is 1. The second-order valence-electron chi connectivity index (χ2n) is 5.63. The average Bonchev–Trinajstić information content (AvgIpc) is 2.63. The Hall–Kier alpha value is -2.24. The molecular formula is C19H23NO4. The van der Waals surface area contributed by atoms with Gasteiger partial charge in [0, 0.05) is 19.2 Å². The zero-order chi connectivity index (χ0) is 16.8. The van der Waals surface area contributed by atoms with E-state index in [4.69, 9.17) is 14.2 Å². The van der Waals surface area contributed by atoms with Crippen LogP contribution in [0.4, 0.5) is 0 Å². The van der Waals surface area contributed by atoms with Crippen LogP contribution in [0.3, 0.4) is 0 Å². The van der Waals surface area contributed by atoms with E-state index < -0.39 is 0 Å². The van der Waals surface area contributed by atoms with E-state index in [9.17, 15) is 5.11 Å².